The fourth-order valence-corrected chi connectivity index (χ4v) is 3.60. The third kappa shape index (κ3) is 3.26. The summed E-state index contributed by atoms with van der Waals surface area (Å²) in [5.41, 5.74) is 0.224. The number of carbonyl (C=O) groups is 2. The molecule has 26 heavy (non-hydrogen) atoms. The van der Waals surface area contributed by atoms with Gasteiger partial charge in [0, 0.05) is 25.8 Å². The van der Waals surface area contributed by atoms with Crippen molar-refractivity contribution in [3.05, 3.63) is 29.3 Å². The molecular weight excluding hydrogens is 338 g/mol. The lowest BCUT2D eigenvalue weighted by atomic mass is 9.80. The molecule has 7 heteroatoms. The monoisotopic (exact) mass is 361 g/mol. The second kappa shape index (κ2) is 7.37. The average Bonchev–Trinajstić information content (AvgIpc) is 2.66. The lowest BCUT2D eigenvalue weighted by Gasteiger charge is -2.40. The zero-order valence-corrected chi connectivity index (χ0v) is 15.0. The van der Waals surface area contributed by atoms with Crippen LogP contribution in [0.2, 0.25) is 0 Å². The van der Waals surface area contributed by atoms with E-state index in [1.807, 2.05) is 12.1 Å². The summed E-state index contributed by atoms with van der Waals surface area (Å²) in [4.78, 5) is 26.3. The van der Waals surface area contributed by atoms with Crippen LogP contribution in [0.3, 0.4) is 0 Å². The van der Waals surface area contributed by atoms with Gasteiger partial charge in [-0.3, -0.25) is 9.59 Å². The Balaban J connectivity index is 1.83. The van der Waals surface area contributed by atoms with Gasteiger partial charge in [0.25, 0.3) is 5.91 Å². The van der Waals surface area contributed by atoms with Crippen LogP contribution in [-0.2, 0) is 14.3 Å². The van der Waals surface area contributed by atoms with Crippen LogP contribution in [0.25, 0.3) is 6.08 Å². The second-order valence-electron chi connectivity index (χ2n) is 6.69. The Kier molecular flexibility index (Phi) is 5.18. The molecule has 0 saturated carbocycles. The van der Waals surface area contributed by atoms with Gasteiger partial charge in [-0.05, 0) is 25.0 Å². The van der Waals surface area contributed by atoms with Crippen LogP contribution < -0.4 is 9.47 Å². The van der Waals surface area contributed by atoms with Gasteiger partial charge in [-0.25, -0.2) is 0 Å². The van der Waals surface area contributed by atoms with E-state index in [2.05, 4.69) is 0 Å². The topological polar surface area (TPSA) is 85.3 Å². The number of likely N-dealkylation sites (tertiary alicyclic amines) is 1. The van der Waals surface area contributed by atoms with Crippen molar-refractivity contribution in [1.82, 2.24) is 4.90 Å². The molecule has 0 aliphatic carbocycles. The summed E-state index contributed by atoms with van der Waals surface area (Å²) in [6, 6.07) is 5.49. The van der Waals surface area contributed by atoms with Crippen LogP contribution in [0, 0.1) is 5.41 Å². The summed E-state index contributed by atoms with van der Waals surface area (Å²) in [5.74, 6) is 0.110. The van der Waals surface area contributed by atoms with Gasteiger partial charge < -0.3 is 24.2 Å². The maximum Gasteiger partial charge on any atom is 0.313 e. The molecule has 1 unspecified atom stereocenters. The van der Waals surface area contributed by atoms with E-state index in [0.29, 0.717) is 36.5 Å². The van der Waals surface area contributed by atoms with Crippen LogP contribution in [-0.4, -0.2) is 62.4 Å². The molecule has 7 nitrogen and oxygen atoms in total. The molecule has 1 fully saturated rings. The number of carboxylic acid groups (broad SMARTS) is 1. The molecule has 3 rings (SSSR count). The van der Waals surface area contributed by atoms with Gasteiger partial charge >= 0.3 is 5.97 Å². The third-order valence-corrected chi connectivity index (χ3v) is 4.94. The number of hydrogen-bond acceptors (Lipinski definition) is 5. The molecule has 1 saturated heterocycles. The molecule has 0 bridgehead atoms. The number of piperidine rings is 1. The zero-order valence-electron chi connectivity index (χ0n) is 15.0. The fraction of sp³-hybridized carbons (Fsp3) is 0.474. The minimum Gasteiger partial charge on any atom is -0.493 e. The van der Waals surface area contributed by atoms with Crippen molar-refractivity contribution >= 4 is 18.0 Å². The number of carboxylic acids is 1. The number of carbonyl (C=O) groups excluding carboxylic acids is 1. The highest BCUT2D eigenvalue weighted by atomic mass is 16.5. The molecule has 2 aliphatic heterocycles. The first-order valence-electron chi connectivity index (χ1n) is 8.53. The Bertz CT molecular complexity index is 740. The van der Waals surface area contributed by atoms with Gasteiger partial charge in [-0.2, -0.15) is 0 Å². The molecule has 1 atom stereocenters. The molecule has 1 aromatic carbocycles. The van der Waals surface area contributed by atoms with Gasteiger partial charge in [-0.1, -0.05) is 12.1 Å². The predicted octanol–water partition coefficient (Wildman–Crippen LogP) is 1.81. The fourth-order valence-electron chi connectivity index (χ4n) is 3.60. The van der Waals surface area contributed by atoms with E-state index in [1.54, 1.807) is 24.2 Å². The lowest BCUT2D eigenvalue weighted by molar-refractivity contribution is -0.158. The molecule has 1 amide bonds. The number of amides is 1. The van der Waals surface area contributed by atoms with Crippen LogP contribution in [0.4, 0.5) is 0 Å². The molecule has 140 valence electrons. The molecule has 0 radical (unpaired) electrons. The van der Waals surface area contributed by atoms with Crippen molar-refractivity contribution in [2.45, 2.75) is 12.8 Å². The van der Waals surface area contributed by atoms with Gasteiger partial charge in [0.2, 0.25) is 0 Å². The summed E-state index contributed by atoms with van der Waals surface area (Å²) in [7, 11) is 3.05. The number of ether oxygens (including phenoxy) is 3. The summed E-state index contributed by atoms with van der Waals surface area (Å²) in [6.45, 7) is 0.881. The number of nitrogens with zero attached hydrogens (tertiary/aromatic N) is 1. The van der Waals surface area contributed by atoms with Crippen LogP contribution in [0.5, 0.6) is 11.5 Å². The molecule has 0 aromatic heterocycles. The van der Waals surface area contributed by atoms with E-state index in [-0.39, 0.29) is 25.7 Å². The first-order chi connectivity index (χ1) is 12.5. The highest BCUT2D eigenvalue weighted by Gasteiger charge is 2.44. The smallest absolute Gasteiger partial charge is 0.313 e. The largest absolute Gasteiger partial charge is 0.493 e. The van der Waals surface area contributed by atoms with E-state index in [4.69, 9.17) is 14.2 Å². The van der Waals surface area contributed by atoms with Gasteiger partial charge in [0.15, 0.2) is 11.5 Å². The van der Waals surface area contributed by atoms with E-state index in [0.717, 1.165) is 5.56 Å². The number of para-hydroxylation sites is 1. The van der Waals surface area contributed by atoms with Crippen LogP contribution in [0.1, 0.15) is 18.4 Å². The SMILES string of the molecule is COCC1(C(=O)O)CCCN(C(=O)C2=Cc3cccc(OC)c3OC2)C1. The minimum absolute atomic E-state index is 0.0850. The van der Waals surface area contributed by atoms with Crippen LogP contribution >= 0.6 is 0 Å². The Morgan fingerprint density at radius 3 is 2.85 bits per heavy atom. The molecule has 1 aromatic rings. The Morgan fingerprint density at radius 1 is 1.35 bits per heavy atom. The maximum atomic E-state index is 12.9. The predicted molar refractivity (Wildman–Crippen MR) is 94.2 cm³/mol. The Morgan fingerprint density at radius 2 is 2.15 bits per heavy atom. The molecule has 0 spiro atoms. The number of aliphatic carboxylic acids is 1. The summed E-state index contributed by atoms with van der Waals surface area (Å²) in [6.07, 6.45) is 2.91. The quantitative estimate of drug-likeness (QED) is 0.861. The van der Waals surface area contributed by atoms with E-state index in [1.165, 1.54) is 7.11 Å². The summed E-state index contributed by atoms with van der Waals surface area (Å²) >= 11 is 0. The number of methoxy groups -OCH3 is 2. The van der Waals surface area contributed by atoms with Gasteiger partial charge in [0.05, 0.1) is 19.3 Å². The first kappa shape index (κ1) is 18.3. The van der Waals surface area contributed by atoms with Crippen molar-refractivity contribution < 1.29 is 28.9 Å². The third-order valence-electron chi connectivity index (χ3n) is 4.94. The molecule has 1 N–H and O–H groups in total. The number of hydrogen-bond donors (Lipinski definition) is 1. The Hall–Kier alpha value is -2.54. The number of rotatable bonds is 5. The van der Waals surface area contributed by atoms with Crippen molar-refractivity contribution in [3.8, 4) is 11.5 Å². The number of fused-ring (bicyclic) bond motifs is 1. The van der Waals surface area contributed by atoms with Crippen molar-refractivity contribution in [2.24, 2.45) is 5.41 Å². The summed E-state index contributed by atoms with van der Waals surface area (Å²) < 4.78 is 16.1. The standard InChI is InChI=1S/C19H23NO6/c1-24-12-19(18(22)23)7-4-8-20(11-19)17(21)14-9-13-5-3-6-15(25-2)16(13)26-10-14/h3,5-6,9H,4,7-8,10-12H2,1-2H3,(H,22,23). The van der Waals surface area contributed by atoms with Crippen molar-refractivity contribution in [3.63, 3.8) is 0 Å². The molecule has 2 aliphatic rings. The zero-order chi connectivity index (χ0) is 18.7. The van der Waals surface area contributed by atoms with E-state index in [9.17, 15) is 14.7 Å². The van der Waals surface area contributed by atoms with Crippen molar-refractivity contribution in [1.29, 1.82) is 0 Å². The van der Waals surface area contributed by atoms with Gasteiger partial charge in [0.1, 0.15) is 12.0 Å². The number of benzene rings is 1. The average molecular weight is 361 g/mol. The first-order valence-corrected chi connectivity index (χ1v) is 8.53. The van der Waals surface area contributed by atoms with E-state index < -0.39 is 11.4 Å². The van der Waals surface area contributed by atoms with E-state index >= 15 is 0 Å². The Labute approximate surface area is 152 Å². The second-order valence-corrected chi connectivity index (χ2v) is 6.69. The highest BCUT2D eigenvalue weighted by molar-refractivity contribution is 5.99. The highest BCUT2D eigenvalue weighted by Crippen LogP contribution is 2.37. The summed E-state index contributed by atoms with van der Waals surface area (Å²) in [5, 5.41) is 9.65. The minimum atomic E-state index is -1.06. The van der Waals surface area contributed by atoms with Crippen LogP contribution in [0.15, 0.2) is 23.8 Å². The lowest BCUT2D eigenvalue weighted by Crippen LogP contribution is -2.52. The normalized spacial score (nSPS) is 22.1. The van der Waals surface area contributed by atoms with Crippen molar-refractivity contribution in [2.75, 3.05) is 40.5 Å². The molecular formula is C19H23NO6. The van der Waals surface area contributed by atoms with Gasteiger partial charge in [-0.15, -0.1) is 0 Å². The maximum absolute atomic E-state index is 12.9. The molecule has 2 heterocycles.